The van der Waals surface area contributed by atoms with Crippen molar-refractivity contribution in [2.24, 2.45) is 0 Å². The van der Waals surface area contributed by atoms with Crippen LogP contribution in [-0.2, 0) is 0 Å². The molecule has 0 saturated heterocycles. The third kappa shape index (κ3) is 2.59. The predicted molar refractivity (Wildman–Crippen MR) is 63.3 cm³/mol. The summed E-state index contributed by atoms with van der Waals surface area (Å²) in [5.41, 5.74) is 0.595. The smallest absolute Gasteiger partial charge is 0.171 e. The Bertz CT molecular complexity index is 549. The Hall–Kier alpha value is -2.10. The quantitative estimate of drug-likeness (QED) is 0.778. The second-order valence-corrected chi connectivity index (χ2v) is 4.00. The molecule has 1 heterocycles. The van der Waals surface area contributed by atoms with Gasteiger partial charge in [-0.2, -0.15) is 0 Å². The van der Waals surface area contributed by atoms with Gasteiger partial charge in [0.2, 0.25) is 0 Å². The molecular weight excluding hydrogens is 236 g/mol. The van der Waals surface area contributed by atoms with Crippen LogP contribution < -0.4 is 0 Å². The summed E-state index contributed by atoms with van der Waals surface area (Å²) in [5.74, 6) is -2.40. The average Bonchev–Trinajstić information content (AvgIpc) is 2.37. The zero-order valence-corrected chi connectivity index (χ0v) is 9.73. The van der Waals surface area contributed by atoms with E-state index in [0.717, 1.165) is 18.2 Å². The van der Waals surface area contributed by atoms with Gasteiger partial charge in [0.1, 0.15) is 11.6 Å². The van der Waals surface area contributed by atoms with Crippen LogP contribution in [0, 0.1) is 11.6 Å². The second-order valence-electron chi connectivity index (χ2n) is 4.00. The molecule has 2 aromatic rings. The fourth-order valence-electron chi connectivity index (χ4n) is 1.71. The lowest BCUT2D eigenvalue weighted by molar-refractivity contribution is 0.0963. The number of Topliss-reactive ketones (excluding diaryl/α,β-unsaturated/α-hetero) is 1. The van der Waals surface area contributed by atoms with Crippen molar-refractivity contribution >= 4 is 5.78 Å². The standard InChI is InChI=1S/C14H11F2NO/c1-9(13-4-2-3-5-17-13)14(18)10-6-11(15)8-12(16)7-10/h2-9H,1H3. The molecule has 1 aromatic carbocycles. The number of carbonyl (C=O) groups excluding carboxylic acids is 1. The molecule has 1 aromatic heterocycles. The molecule has 0 aliphatic carbocycles. The molecule has 0 aliphatic heterocycles. The number of ketones is 1. The molecule has 2 rings (SSSR count). The highest BCUT2D eigenvalue weighted by Gasteiger charge is 2.19. The molecule has 4 heteroatoms. The lowest BCUT2D eigenvalue weighted by Crippen LogP contribution is -2.11. The average molecular weight is 247 g/mol. The van der Waals surface area contributed by atoms with E-state index in [9.17, 15) is 13.6 Å². The minimum Gasteiger partial charge on any atom is -0.293 e. The Kier molecular flexibility index (Phi) is 3.46. The number of pyridine rings is 1. The van der Waals surface area contributed by atoms with E-state index < -0.39 is 17.6 Å². The Morgan fingerprint density at radius 3 is 2.39 bits per heavy atom. The van der Waals surface area contributed by atoms with Gasteiger partial charge in [-0.15, -0.1) is 0 Å². The van der Waals surface area contributed by atoms with E-state index in [-0.39, 0.29) is 11.3 Å². The minimum atomic E-state index is -0.758. The predicted octanol–water partition coefficient (Wildman–Crippen LogP) is 3.35. The molecule has 0 saturated carbocycles. The SMILES string of the molecule is CC(C(=O)c1cc(F)cc(F)c1)c1ccccn1. The molecule has 0 N–H and O–H groups in total. The van der Waals surface area contributed by atoms with Gasteiger partial charge < -0.3 is 0 Å². The number of carbonyl (C=O) groups is 1. The van der Waals surface area contributed by atoms with Gasteiger partial charge in [0.05, 0.1) is 11.6 Å². The summed E-state index contributed by atoms with van der Waals surface area (Å²) in [6, 6.07) is 8.01. The van der Waals surface area contributed by atoms with Gasteiger partial charge in [0, 0.05) is 17.8 Å². The summed E-state index contributed by atoms with van der Waals surface area (Å²) in [6.45, 7) is 1.66. The van der Waals surface area contributed by atoms with E-state index >= 15 is 0 Å². The van der Waals surface area contributed by atoms with Crippen LogP contribution in [0.4, 0.5) is 8.78 Å². The van der Waals surface area contributed by atoms with Crippen LogP contribution in [0.25, 0.3) is 0 Å². The first-order valence-corrected chi connectivity index (χ1v) is 5.49. The van der Waals surface area contributed by atoms with Crippen LogP contribution in [0.3, 0.4) is 0 Å². The molecule has 0 spiro atoms. The molecule has 0 aliphatic rings. The van der Waals surface area contributed by atoms with E-state index in [1.165, 1.54) is 0 Å². The van der Waals surface area contributed by atoms with Gasteiger partial charge in [-0.3, -0.25) is 9.78 Å². The molecular formula is C14H11F2NO. The normalized spacial score (nSPS) is 12.2. The highest BCUT2D eigenvalue weighted by molar-refractivity contribution is 6.00. The van der Waals surface area contributed by atoms with Crippen molar-refractivity contribution in [2.45, 2.75) is 12.8 Å². The van der Waals surface area contributed by atoms with Crippen LogP contribution >= 0.6 is 0 Å². The number of hydrogen-bond donors (Lipinski definition) is 0. The molecule has 92 valence electrons. The Morgan fingerprint density at radius 1 is 1.17 bits per heavy atom. The van der Waals surface area contributed by atoms with Crippen molar-refractivity contribution in [3.05, 3.63) is 65.5 Å². The highest BCUT2D eigenvalue weighted by Crippen LogP contribution is 2.19. The minimum absolute atomic E-state index is 0.0191. The van der Waals surface area contributed by atoms with E-state index in [0.29, 0.717) is 5.69 Å². The molecule has 18 heavy (non-hydrogen) atoms. The first kappa shape index (κ1) is 12.4. The van der Waals surface area contributed by atoms with Crippen molar-refractivity contribution in [1.82, 2.24) is 4.98 Å². The third-order valence-corrected chi connectivity index (χ3v) is 2.67. The largest absolute Gasteiger partial charge is 0.293 e. The summed E-state index contributed by atoms with van der Waals surface area (Å²) in [6.07, 6.45) is 1.57. The summed E-state index contributed by atoms with van der Waals surface area (Å²) in [4.78, 5) is 16.1. The lowest BCUT2D eigenvalue weighted by Gasteiger charge is -2.09. The molecule has 1 atom stereocenters. The number of nitrogens with zero attached hydrogens (tertiary/aromatic N) is 1. The number of hydrogen-bond acceptors (Lipinski definition) is 2. The van der Waals surface area contributed by atoms with E-state index in [4.69, 9.17) is 0 Å². The molecule has 0 bridgehead atoms. The Morgan fingerprint density at radius 2 is 1.83 bits per heavy atom. The van der Waals surface area contributed by atoms with Crippen LogP contribution in [0.2, 0.25) is 0 Å². The van der Waals surface area contributed by atoms with Crippen molar-refractivity contribution in [1.29, 1.82) is 0 Å². The summed E-state index contributed by atoms with van der Waals surface area (Å²) in [7, 11) is 0. The maximum Gasteiger partial charge on any atom is 0.171 e. The van der Waals surface area contributed by atoms with Gasteiger partial charge in [0.25, 0.3) is 0 Å². The van der Waals surface area contributed by atoms with Crippen LogP contribution in [0.15, 0.2) is 42.6 Å². The Labute approximate surface area is 103 Å². The highest BCUT2D eigenvalue weighted by atomic mass is 19.1. The van der Waals surface area contributed by atoms with Gasteiger partial charge in [0.15, 0.2) is 5.78 Å². The monoisotopic (exact) mass is 247 g/mol. The van der Waals surface area contributed by atoms with Crippen LogP contribution in [0.5, 0.6) is 0 Å². The second kappa shape index (κ2) is 5.04. The lowest BCUT2D eigenvalue weighted by atomic mass is 9.96. The number of halogens is 2. The maximum absolute atomic E-state index is 13.0. The number of benzene rings is 1. The molecule has 1 unspecified atom stereocenters. The molecule has 2 nitrogen and oxygen atoms in total. The molecule has 0 amide bonds. The number of rotatable bonds is 3. The van der Waals surface area contributed by atoms with Gasteiger partial charge in [-0.1, -0.05) is 6.07 Å². The fourth-order valence-corrected chi connectivity index (χ4v) is 1.71. The summed E-state index contributed by atoms with van der Waals surface area (Å²) < 4.78 is 26.1. The van der Waals surface area contributed by atoms with Crippen LogP contribution in [-0.4, -0.2) is 10.8 Å². The van der Waals surface area contributed by atoms with Gasteiger partial charge in [-0.05, 0) is 31.2 Å². The first-order valence-electron chi connectivity index (χ1n) is 5.49. The van der Waals surface area contributed by atoms with E-state index in [1.54, 1.807) is 31.3 Å². The number of aromatic nitrogens is 1. The Balaban J connectivity index is 2.31. The zero-order chi connectivity index (χ0) is 13.1. The maximum atomic E-state index is 13.0. The van der Waals surface area contributed by atoms with Crippen molar-refractivity contribution < 1.29 is 13.6 Å². The van der Waals surface area contributed by atoms with Crippen molar-refractivity contribution in [3.63, 3.8) is 0 Å². The molecule has 0 fully saturated rings. The van der Waals surface area contributed by atoms with Crippen molar-refractivity contribution in [3.8, 4) is 0 Å². The topological polar surface area (TPSA) is 30.0 Å². The summed E-state index contributed by atoms with van der Waals surface area (Å²) >= 11 is 0. The van der Waals surface area contributed by atoms with E-state index in [1.807, 2.05) is 0 Å². The van der Waals surface area contributed by atoms with Crippen molar-refractivity contribution in [2.75, 3.05) is 0 Å². The fraction of sp³-hybridized carbons (Fsp3) is 0.143. The zero-order valence-electron chi connectivity index (χ0n) is 9.73. The third-order valence-electron chi connectivity index (χ3n) is 2.67. The van der Waals surface area contributed by atoms with Crippen LogP contribution in [0.1, 0.15) is 28.9 Å². The molecule has 0 radical (unpaired) electrons. The van der Waals surface area contributed by atoms with Gasteiger partial charge >= 0.3 is 0 Å². The first-order chi connectivity index (χ1) is 8.58. The van der Waals surface area contributed by atoms with Gasteiger partial charge in [-0.25, -0.2) is 8.78 Å². The van der Waals surface area contributed by atoms with E-state index in [2.05, 4.69) is 4.98 Å². The summed E-state index contributed by atoms with van der Waals surface area (Å²) in [5, 5.41) is 0.